The largest absolute Gasteiger partial charge is 0.366 e. The van der Waals surface area contributed by atoms with E-state index in [1.165, 1.54) is 0 Å². The molecule has 0 saturated carbocycles. The molecule has 0 aliphatic rings. The zero-order chi connectivity index (χ0) is 17.9. The summed E-state index contributed by atoms with van der Waals surface area (Å²) in [6, 6.07) is 13.7. The van der Waals surface area contributed by atoms with Crippen molar-refractivity contribution in [2.75, 3.05) is 5.32 Å². The lowest BCUT2D eigenvalue weighted by Crippen LogP contribution is -2.03. The van der Waals surface area contributed by atoms with Crippen LogP contribution in [0.4, 0.5) is 5.82 Å². The Bertz CT molecular complexity index is 1110. The van der Waals surface area contributed by atoms with Crippen LogP contribution in [0.5, 0.6) is 0 Å². The molecule has 6 heteroatoms. The number of anilines is 1. The van der Waals surface area contributed by atoms with E-state index in [4.69, 9.17) is 0 Å². The minimum atomic E-state index is 0.544. The number of hydrogen-bond acceptors (Lipinski definition) is 5. The van der Waals surface area contributed by atoms with E-state index in [1.54, 1.807) is 12.3 Å². The van der Waals surface area contributed by atoms with E-state index in [9.17, 15) is 5.26 Å². The number of rotatable bonds is 4. The molecule has 0 atom stereocenters. The number of nitrogens with zero attached hydrogens (tertiary/aromatic N) is 4. The first-order valence-corrected chi connectivity index (χ1v) is 8.23. The minimum absolute atomic E-state index is 0.544. The van der Waals surface area contributed by atoms with Crippen molar-refractivity contribution in [2.45, 2.75) is 13.5 Å². The summed E-state index contributed by atoms with van der Waals surface area (Å²) < 4.78 is 0. The van der Waals surface area contributed by atoms with Gasteiger partial charge in [0.05, 0.1) is 11.3 Å². The van der Waals surface area contributed by atoms with Gasteiger partial charge in [-0.15, -0.1) is 0 Å². The molecule has 6 nitrogen and oxygen atoms in total. The smallest absolute Gasteiger partial charge is 0.140 e. The van der Waals surface area contributed by atoms with E-state index in [-0.39, 0.29) is 0 Å². The first kappa shape index (κ1) is 15.8. The molecule has 0 saturated heterocycles. The molecule has 0 radical (unpaired) electrons. The second-order valence-corrected chi connectivity index (χ2v) is 5.97. The summed E-state index contributed by atoms with van der Waals surface area (Å²) in [5.74, 6) is 0.714. The lowest BCUT2D eigenvalue weighted by atomic mass is 10.0. The SMILES string of the molecule is Cc1ccc(C#N)c(-c2cc(NCc3cccnc3)nc3[nH]ccc23)n1. The Morgan fingerprint density at radius 2 is 2.12 bits per heavy atom. The van der Waals surface area contributed by atoms with Crippen LogP contribution in [-0.2, 0) is 6.54 Å². The number of pyridine rings is 3. The van der Waals surface area contributed by atoms with Crippen molar-refractivity contribution in [3.63, 3.8) is 0 Å². The van der Waals surface area contributed by atoms with Gasteiger partial charge in [-0.25, -0.2) is 4.98 Å². The topological polar surface area (TPSA) is 90.3 Å². The van der Waals surface area contributed by atoms with Crippen LogP contribution in [0.3, 0.4) is 0 Å². The molecule has 0 unspecified atom stereocenters. The molecule has 26 heavy (non-hydrogen) atoms. The summed E-state index contributed by atoms with van der Waals surface area (Å²) in [5, 5.41) is 13.7. The Kier molecular flexibility index (Phi) is 4.04. The van der Waals surface area contributed by atoms with Crippen molar-refractivity contribution in [3.8, 4) is 17.3 Å². The van der Waals surface area contributed by atoms with Gasteiger partial charge >= 0.3 is 0 Å². The molecular formula is C20H16N6. The van der Waals surface area contributed by atoms with Gasteiger partial charge in [0.25, 0.3) is 0 Å². The Morgan fingerprint density at radius 1 is 1.19 bits per heavy atom. The van der Waals surface area contributed by atoms with E-state index in [0.717, 1.165) is 27.9 Å². The highest BCUT2D eigenvalue weighted by atomic mass is 15.0. The molecule has 4 rings (SSSR count). The van der Waals surface area contributed by atoms with Crippen LogP contribution in [0, 0.1) is 18.3 Å². The molecule has 0 spiro atoms. The maximum Gasteiger partial charge on any atom is 0.140 e. The van der Waals surface area contributed by atoms with Crippen molar-refractivity contribution in [1.82, 2.24) is 19.9 Å². The van der Waals surface area contributed by atoms with Gasteiger partial charge < -0.3 is 10.3 Å². The predicted molar refractivity (Wildman–Crippen MR) is 100 cm³/mol. The summed E-state index contributed by atoms with van der Waals surface area (Å²) >= 11 is 0. The third-order valence-corrected chi connectivity index (χ3v) is 4.14. The van der Waals surface area contributed by atoms with Crippen LogP contribution in [0.25, 0.3) is 22.3 Å². The van der Waals surface area contributed by atoms with Gasteiger partial charge in [0.1, 0.15) is 17.5 Å². The average Bonchev–Trinajstić information content (AvgIpc) is 3.15. The predicted octanol–water partition coefficient (Wildman–Crippen LogP) is 3.81. The van der Waals surface area contributed by atoms with Crippen LogP contribution in [0.2, 0.25) is 0 Å². The van der Waals surface area contributed by atoms with E-state index in [1.807, 2.05) is 49.6 Å². The lowest BCUT2D eigenvalue weighted by molar-refractivity contribution is 1.09. The summed E-state index contributed by atoms with van der Waals surface area (Å²) in [5.41, 5.74) is 4.78. The third-order valence-electron chi connectivity index (χ3n) is 4.14. The maximum absolute atomic E-state index is 9.48. The highest BCUT2D eigenvalue weighted by Gasteiger charge is 2.14. The molecule has 0 bridgehead atoms. The zero-order valence-corrected chi connectivity index (χ0v) is 14.2. The van der Waals surface area contributed by atoms with Gasteiger partial charge in [-0.1, -0.05) is 6.07 Å². The first-order valence-electron chi connectivity index (χ1n) is 8.23. The van der Waals surface area contributed by atoms with Gasteiger partial charge in [0.2, 0.25) is 0 Å². The Hall–Kier alpha value is -3.72. The number of nitrogens with one attached hydrogen (secondary N) is 2. The molecule has 0 amide bonds. The first-order chi connectivity index (χ1) is 12.7. The number of aryl methyl sites for hydroxylation is 1. The Balaban J connectivity index is 1.79. The summed E-state index contributed by atoms with van der Waals surface area (Å²) in [4.78, 5) is 16.5. The molecular weight excluding hydrogens is 324 g/mol. The molecule has 4 heterocycles. The normalized spacial score (nSPS) is 10.6. The van der Waals surface area contributed by atoms with E-state index >= 15 is 0 Å². The van der Waals surface area contributed by atoms with Crippen molar-refractivity contribution < 1.29 is 0 Å². The van der Waals surface area contributed by atoms with Crippen molar-refractivity contribution in [3.05, 3.63) is 71.8 Å². The molecule has 0 aliphatic heterocycles. The van der Waals surface area contributed by atoms with Gasteiger partial charge in [-0.3, -0.25) is 9.97 Å². The standard InChI is InChI=1S/C20H16N6/c1-13-4-5-15(10-21)19(25-13)17-9-18(26-20-16(17)6-8-23-20)24-12-14-3-2-7-22-11-14/h2-9,11H,12H2,1H3,(H2,23,24,26). The molecule has 0 fully saturated rings. The van der Waals surface area contributed by atoms with Crippen LogP contribution in [0.15, 0.2) is 55.0 Å². The fraction of sp³-hybridized carbons (Fsp3) is 0.100. The van der Waals surface area contributed by atoms with E-state index < -0.39 is 0 Å². The fourth-order valence-electron chi connectivity index (χ4n) is 2.87. The van der Waals surface area contributed by atoms with E-state index in [0.29, 0.717) is 23.6 Å². The van der Waals surface area contributed by atoms with Gasteiger partial charge in [0.15, 0.2) is 0 Å². The minimum Gasteiger partial charge on any atom is -0.366 e. The number of nitriles is 1. The average molecular weight is 340 g/mol. The monoisotopic (exact) mass is 340 g/mol. The van der Waals surface area contributed by atoms with Crippen LogP contribution in [0.1, 0.15) is 16.8 Å². The van der Waals surface area contributed by atoms with E-state index in [2.05, 4.69) is 31.3 Å². The molecule has 4 aromatic rings. The molecule has 0 aliphatic carbocycles. The summed E-state index contributed by atoms with van der Waals surface area (Å²) in [6.45, 7) is 2.53. The zero-order valence-electron chi connectivity index (χ0n) is 14.2. The van der Waals surface area contributed by atoms with Crippen molar-refractivity contribution in [1.29, 1.82) is 5.26 Å². The fourth-order valence-corrected chi connectivity index (χ4v) is 2.87. The van der Waals surface area contributed by atoms with Gasteiger partial charge in [0, 0.05) is 41.8 Å². The Morgan fingerprint density at radius 3 is 2.92 bits per heavy atom. The maximum atomic E-state index is 9.48. The number of fused-ring (bicyclic) bond motifs is 1. The quantitative estimate of drug-likeness (QED) is 0.589. The highest BCUT2D eigenvalue weighted by Crippen LogP contribution is 2.31. The Labute approximate surface area is 150 Å². The number of aromatic amines is 1. The molecule has 126 valence electrons. The lowest BCUT2D eigenvalue weighted by Gasteiger charge is -2.10. The molecule has 2 N–H and O–H groups in total. The summed E-state index contributed by atoms with van der Waals surface area (Å²) in [6.07, 6.45) is 5.41. The highest BCUT2D eigenvalue weighted by molar-refractivity contribution is 5.95. The summed E-state index contributed by atoms with van der Waals surface area (Å²) in [7, 11) is 0. The van der Waals surface area contributed by atoms with Crippen molar-refractivity contribution in [2.24, 2.45) is 0 Å². The number of aromatic nitrogens is 4. The number of hydrogen-bond donors (Lipinski definition) is 2. The van der Waals surface area contributed by atoms with Crippen molar-refractivity contribution >= 4 is 16.9 Å². The van der Waals surface area contributed by atoms with Crippen LogP contribution >= 0.6 is 0 Å². The number of H-pyrrole nitrogens is 1. The van der Waals surface area contributed by atoms with Crippen LogP contribution in [-0.4, -0.2) is 19.9 Å². The molecule has 0 aromatic carbocycles. The third kappa shape index (κ3) is 2.98. The second-order valence-electron chi connectivity index (χ2n) is 5.97. The van der Waals surface area contributed by atoms with Gasteiger partial charge in [-0.05, 0) is 42.8 Å². The second kappa shape index (κ2) is 6.65. The van der Waals surface area contributed by atoms with Gasteiger partial charge in [-0.2, -0.15) is 5.26 Å². The van der Waals surface area contributed by atoms with Crippen LogP contribution < -0.4 is 5.32 Å². The molecule has 4 aromatic heterocycles.